The molecular weight excluding hydrogens is 354 g/mol. The van der Waals surface area contributed by atoms with E-state index in [1.165, 1.54) is 6.20 Å². The first-order chi connectivity index (χ1) is 12.5. The minimum Gasteiger partial charge on any atom is -0.468 e. The molecule has 1 amide bonds. The van der Waals surface area contributed by atoms with Gasteiger partial charge in [-0.05, 0) is 32.0 Å². The summed E-state index contributed by atoms with van der Waals surface area (Å²) in [6.45, 7) is 3.66. The average Bonchev–Trinajstić information content (AvgIpc) is 3.15. The molecule has 1 N–H and O–H groups in total. The maximum absolute atomic E-state index is 11.7. The Morgan fingerprint density at radius 3 is 2.81 bits per heavy atom. The Hall–Kier alpha value is -2.93. The van der Waals surface area contributed by atoms with Crippen molar-refractivity contribution in [3.05, 3.63) is 54.1 Å². The molecule has 0 aliphatic heterocycles. The first-order valence-electron chi connectivity index (χ1n) is 8.07. The largest absolute Gasteiger partial charge is 0.468 e. The zero-order valence-corrected chi connectivity index (χ0v) is 15.1. The van der Waals surface area contributed by atoms with Crippen LogP contribution in [0.15, 0.2) is 49.1 Å². The highest BCUT2D eigenvalue weighted by Gasteiger charge is 2.10. The maximum atomic E-state index is 11.7. The normalized spacial score (nSPS) is 10.8. The molecule has 3 rings (SSSR count). The smallest absolute Gasteiger partial charge is 0.258 e. The monoisotopic (exact) mass is 371 g/mol. The summed E-state index contributed by atoms with van der Waals surface area (Å²) in [6.07, 6.45) is 6.70. The number of carbonyl (C=O) groups excluding carboxylic acids is 1. The van der Waals surface area contributed by atoms with Gasteiger partial charge < -0.3 is 10.1 Å². The summed E-state index contributed by atoms with van der Waals surface area (Å²) in [5, 5.41) is 7.37. The van der Waals surface area contributed by atoms with Crippen molar-refractivity contribution in [2.24, 2.45) is 0 Å². The van der Waals surface area contributed by atoms with Gasteiger partial charge in [0.25, 0.3) is 5.91 Å². The van der Waals surface area contributed by atoms with E-state index in [1.54, 1.807) is 23.1 Å². The van der Waals surface area contributed by atoms with Crippen LogP contribution in [-0.4, -0.2) is 38.3 Å². The standard InChI is InChI=1S/C18H18ClN5O2/c1-12(2)23-17(25)11-26-18-8-14(15(19)10-21-18)13-4-5-16(20-9-13)24-7-3-6-22-24/h3-10,12H,11H2,1-2H3,(H,23,25). The Morgan fingerprint density at radius 2 is 2.15 bits per heavy atom. The lowest BCUT2D eigenvalue weighted by Gasteiger charge is -2.11. The zero-order valence-electron chi connectivity index (χ0n) is 14.4. The summed E-state index contributed by atoms with van der Waals surface area (Å²) in [6, 6.07) is 7.30. The minimum atomic E-state index is -0.205. The lowest BCUT2D eigenvalue weighted by molar-refractivity contribution is -0.123. The highest BCUT2D eigenvalue weighted by atomic mass is 35.5. The third kappa shape index (κ3) is 4.37. The average molecular weight is 372 g/mol. The van der Waals surface area contributed by atoms with Crippen molar-refractivity contribution in [1.82, 2.24) is 25.1 Å². The van der Waals surface area contributed by atoms with Crippen LogP contribution in [0.1, 0.15) is 13.8 Å². The second kappa shape index (κ2) is 7.97. The van der Waals surface area contributed by atoms with Crippen LogP contribution in [0.25, 0.3) is 16.9 Å². The number of halogens is 1. The molecule has 0 saturated carbocycles. The molecule has 3 aromatic heterocycles. The summed E-state index contributed by atoms with van der Waals surface area (Å²) in [7, 11) is 0. The molecule has 0 aliphatic rings. The third-order valence-corrected chi connectivity index (χ3v) is 3.73. The van der Waals surface area contributed by atoms with Gasteiger partial charge in [0.1, 0.15) is 0 Å². The zero-order chi connectivity index (χ0) is 18.5. The Bertz CT molecular complexity index is 879. The summed E-state index contributed by atoms with van der Waals surface area (Å²) < 4.78 is 7.12. The molecule has 0 aromatic carbocycles. The van der Waals surface area contributed by atoms with Crippen molar-refractivity contribution in [2.75, 3.05) is 6.61 Å². The molecule has 0 atom stereocenters. The van der Waals surface area contributed by atoms with E-state index < -0.39 is 0 Å². The van der Waals surface area contributed by atoms with Gasteiger partial charge in [0.15, 0.2) is 12.4 Å². The van der Waals surface area contributed by atoms with Crippen LogP contribution < -0.4 is 10.1 Å². The van der Waals surface area contributed by atoms with Crippen LogP contribution in [-0.2, 0) is 4.79 Å². The first-order valence-corrected chi connectivity index (χ1v) is 8.45. The number of amides is 1. The number of pyridine rings is 2. The van der Waals surface area contributed by atoms with Crippen molar-refractivity contribution >= 4 is 17.5 Å². The van der Waals surface area contributed by atoms with Gasteiger partial charge in [-0.2, -0.15) is 5.10 Å². The van der Waals surface area contributed by atoms with Crippen LogP contribution in [0, 0.1) is 0 Å². The first kappa shape index (κ1) is 17.9. The number of aromatic nitrogens is 4. The van der Waals surface area contributed by atoms with E-state index in [0.29, 0.717) is 16.7 Å². The minimum absolute atomic E-state index is 0.0548. The van der Waals surface area contributed by atoms with E-state index in [-0.39, 0.29) is 18.6 Å². The Kier molecular flexibility index (Phi) is 5.48. The van der Waals surface area contributed by atoms with Gasteiger partial charge in [0, 0.05) is 41.8 Å². The van der Waals surface area contributed by atoms with Gasteiger partial charge >= 0.3 is 0 Å². The van der Waals surface area contributed by atoms with Crippen molar-refractivity contribution < 1.29 is 9.53 Å². The quantitative estimate of drug-likeness (QED) is 0.720. The fourth-order valence-corrected chi connectivity index (χ4v) is 2.52. The molecular formula is C18H18ClN5O2. The number of ether oxygens (including phenoxy) is 1. The summed E-state index contributed by atoms with van der Waals surface area (Å²) in [5.74, 6) is 0.814. The van der Waals surface area contributed by atoms with Gasteiger partial charge in [-0.25, -0.2) is 14.6 Å². The van der Waals surface area contributed by atoms with Crippen LogP contribution >= 0.6 is 11.6 Å². The molecule has 3 heterocycles. The van der Waals surface area contributed by atoms with Gasteiger partial charge in [-0.1, -0.05) is 11.6 Å². The Balaban J connectivity index is 1.76. The predicted octanol–water partition coefficient (Wildman–Crippen LogP) is 2.89. The number of hydrogen-bond donors (Lipinski definition) is 1. The van der Waals surface area contributed by atoms with Gasteiger partial charge in [0.05, 0.1) is 11.2 Å². The summed E-state index contributed by atoms with van der Waals surface area (Å²) in [4.78, 5) is 20.2. The Morgan fingerprint density at radius 1 is 1.31 bits per heavy atom. The summed E-state index contributed by atoms with van der Waals surface area (Å²) >= 11 is 6.26. The fourth-order valence-electron chi connectivity index (χ4n) is 2.31. The molecule has 134 valence electrons. The van der Waals surface area contributed by atoms with Crippen molar-refractivity contribution in [1.29, 1.82) is 0 Å². The second-order valence-electron chi connectivity index (χ2n) is 5.87. The lowest BCUT2D eigenvalue weighted by Crippen LogP contribution is -2.34. The third-order valence-electron chi connectivity index (χ3n) is 3.43. The molecule has 3 aromatic rings. The topological polar surface area (TPSA) is 81.9 Å². The van der Waals surface area contributed by atoms with Gasteiger partial charge in [0.2, 0.25) is 5.88 Å². The second-order valence-corrected chi connectivity index (χ2v) is 6.28. The lowest BCUT2D eigenvalue weighted by atomic mass is 10.1. The molecule has 0 aliphatic carbocycles. The molecule has 0 bridgehead atoms. The van der Waals surface area contributed by atoms with Crippen LogP contribution in [0.3, 0.4) is 0 Å². The molecule has 0 radical (unpaired) electrons. The van der Waals surface area contributed by atoms with Crippen LogP contribution in [0.5, 0.6) is 5.88 Å². The highest BCUT2D eigenvalue weighted by Crippen LogP contribution is 2.29. The predicted molar refractivity (Wildman–Crippen MR) is 98.4 cm³/mol. The van der Waals surface area contributed by atoms with E-state index >= 15 is 0 Å². The molecule has 7 nitrogen and oxygen atoms in total. The van der Waals surface area contributed by atoms with Crippen LogP contribution in [0.2, 0.25) is 5.02 Å². The van der Waals surface area contributed by atoms with Crippen molar-refractivity contribution in [2.45, 2.75) is 19.9 Å². The number of nitrogens with one attached hydrogen (secondary N) is 1. The molecule has 0 spiro atoms. The number of hydrogen-bond acceptors (Lipinski definition) is 5. The van der Waals surface area contributed by atoms with E-state index in [1.807, 2.05) is 38.2 Å². The Labute approximate surface area is 156 Å². The highest BCUT2D eigenvalue weighted by molar-refractivity contribution is 6.33. The van der Waals surface area contributed by atoms with Crippen molar-refractivity contribution in [3.8, 4) is 22.8 Å². The molecule has 0 unspecified atom stereocenters. The summed E-state index contributed by atoms with van der Waals surface area (Å²) in [5.41, 5.74) is 1.53. The molecule has 26 heavy (non-hydrogen) atoms. The fraction of sp³-hybridized carbons (Fsp3) is 0.222. The molecule has 8 heteroatoms. The molecule has 0 fully saturated rings. The maximum Gasteiger partial charge on any atom is 0.258 e. The van der Waals surface area contributed by atoms with E-state index in [0.717, 1.165) is 11.1 Å². The van der Waals surface area contributed by atoms with Gasteiger partial charge in [-0.15, -0.1) is 0 Å². The van der Waals surface area contributed by atoms with Gasteiger partial charge in [-0.3, -0.25) is 4.79 Å². The number of nitrogens with zero attached hydrogens (tertiary/aromatic N) is 4. The van der Waals surface area contributed by atoms with E-state index in [2.05, 4.69) is 20.4 Å². The van der Waals surface area contributed by atoms with Crippen molar-refractivity contribution in [3.63, 3.8) is 0 Å². The SMILES string of the molecule is CC(C)NC(=O)COc1cc(-c2ccc(-n3cccn3)nc2)c(Cl)cn1. The molecule has 0 saturated heterocycles. The van der Waals surface area contributed by atoms with E-state index in [9.17, 15) is 4.79 Å². The van der Waals surface area contributed by atoms with E-state index in [4.69, 9.17) is 16.3 Å². The number of rotatable bonds is 6. The van der Waals surface area contributed by atoms with Crippen LogP contribution in [0.4, 0.5) is 0 Å². The number of carbonyl (C=O) groups is 1.